The molecule has 0 aliphatic carbocycles. The first-order valence-corrected chi connectivity index (χ1v) is 5.88. The number of hydrogen-bond acceptors (Lipinski definition) is 3. The number of carbonyl (C=O) groups is 3. The van der Waals surface area contributed by atoms with Gasteiger partial charge in [-0.2, -0.15) is 13.2 Å². The van der Waals surface area contributed by atoms with E-state index < -0.39 is 36.3 Å². The number of halogens is 4. The molecular weight excluding hydrogens is 315 g/mol. The molecule has 2 N–H and O–H groups in total. The second-order valence-corrected chi connectivity index (χ2v) is 4.44. The van der Waals surface area contributed by atoms with Gasteiger partial charge in [0.15, 0.2) is 5.78 Å². The van der Waals surface area contributed by atoms with Crippen LogP contribution in [0.4, 0.5) is 13.2 Å². The van der Waals surface area contributed by atoms with Crippen LogP contribution >= 0.6 is 11.6 Å². The Hall–Kier alpha value is -2.09. The number of benzene rings is 1. The lowest BCUT2D eigenvalue weighted by molar-refractivity contribution is -0.175. The molecule has 0 aromatic heterocycles. The number of hydrogen-bond donors (Lipinski definition) is 2. The number of nitrogens with one attached hydrogen (secondary N) is 1. The summed E-state index contributed by atoms with van der Waals surface area (Å²) in [5.74, 6) is -4.93. The van der Waals surface area contributed by atoms with Crippen LogP contribution in [0.5, 0.6) is 0 Å². The SMILES string of the molecule is O=C(CC(NC(=O)C(F)(F)F)C(=O)O)c1cccc(Cl)c1. The average molecular weight is 324 g/mol. The highest BCUT2D eigenvalue weighted by atomic mass is 35.5. The zero-order valence-electron chi connectivity index (χ0n) is 10.3. The third kappa shape index (κ3) is 5.07. The lowest BCUT2D eigenvalue weighted by Crippen LogP contribution is -2.47. The number of aliphatic carboxylic acids is 1. The molecule has 0 saturated carbocycles. The molecular formula is C12H9ClF3NO4. The smallest absolute Gasteiger partial charge is 0.471 e. The third-order valence-electron chi connectivity index (χ3n) is 2.40. The third-order valence-corrected chi connectivity index (χ3v) is 2.63. The standard InChI is InChI=1S/C12H9ClF3NO4/c13-7-3-1-2-6(4-7)9(18)5-8(10(19)20)17-11(21)12(14,15)16/h1-4,8H,5H2,(H,17,21)(H,19,20). The highest BCUT2D eigenvalue weighted by Crippen LogP contribution is 2.16. The first-order valence-electron chi connectivity index (χ1n) is 5.50. The van der Waals surface area contributed by atoms with Crippen molar-refractivity contribution >= 4 is 29.3 Å². The second kappa shape index (κ2) is 6.57. The second-order valence-electron chi connectivity index (χ2n) is 4.00. The minimum absolute atomic E-state index is 0.0370. The van der Waals surface area contributed by atoms with Gasteiger partial charge in [0.25, 0.3) is 0 Å². The Kier molecular flexibility index (Phi) is 5.31. The van der Waals surface area contributed by atoms with Gasteiger partial charge in [-0.15, -0.1) is 0 Å². The van der Waals surface area contributed by atoms with Gasteiger partial charge < -0.3 is 10.4 Å². The van der Waals surface area contributed by atoms with Gasteiger partial charge in [0.05, 0.1) is 0 Å². The monoisotopic (exact) mass is 323 g/mol. The van der Waals surface area contributed by atoms with Gasteiger partial charge in [-0.25, -0.2) is 4.79 Å². The molecule has 0 aliphatic heterocycles. The number of rotatable bonds is 5. The van der Waals surface area contributed by atoms with Gasteiger partial charge >= 0.3 is 18.1 Å². The van der Waals surface area contributed by atoms with Crippen molar-refractivity contribution in [1.29, 1.82) is 0 Å². The molecule has 0 bridgehead atoms. The average Bonchev–Trinajstić information content (AvgIpc) is 2.36. The normalized spacial score (nSPS) is 12.6. The summed E-state index contributed by atoms with van der Waals surface area (Å²) in [6.45, 7) is 0. The number of carboxylic acids is 1. The van der Waals surface area contributed by atoms with Crippen LogP contribution < -0.4 is 5.32 Å². The Morgan fingerprint density at radius 3 is 2.38 bits per heavy atom. The van der Waals surface area contributed by atoms with Crippen LogP contribution in [0.15, 0.2) is 24.3 Å². The van der Waals surface area contributed by atoms with Crippen LogP contribution in [0.3, 0.4) is 0 Å². The summed E-state index contributed by atoms with van der Waals surface area (Å²) in [7, 11) is 0. The topological polar surface area (TPSA) is 83.5 Å². The maximum atomic E-state index is 12.1. The van der Waals surface area contributed by atoms with Crippen LogP contribution in [0, 0.1) is 0 Å². The lowest BCUT2D eigenvalue weighted by atomic mass is 10.0. The molecule has 21 heavy (non-hydrogen) atoms. The van der Waals surface area contributed by atoms with Crippen molar-refractivity contribution in [3.63, 3.8) is 0 Å². The Labute approximate surface area is 121 Å². The minimum Gasteiger partial charge on any atom is -0.480 e. The molecule has 1 aromatic rings. The van der Waals surface area contributed by atoms with Crippen molar-refractivity contribution in [2.75, 3.05) is 0 Å². The molecule has 0 spiro atoms. The molecule has 114 valence electrons. The molecule has 5 nitrogen and oxygen atoms in total. The number of amides is 1. The summed E-state index contributed by atoms with van der Waals surface area (Å²) in [6, 6.07) is 3.50. The predicted molar refractivity (Wildman–Crippen MR) is 66.0 cm³/mol. The molecule has 1 rings (SSSR count). The molecule has 1 atom stereocenters. The molecule has 1 aromatic carbocycles. The number of alkyl halides is 3. The molecule has 9 heteroatoms. The number of carboxylic acid groups (broad SMARTS) is 1. The van der Waals surface area contributed by atoms with E-state index in [0.717, 1.165) is 0 Å². The minimum atomic E-state index is -5.23. The van der Waals surface area contributed by atoms with Crippen molar-refractivity contribution < 1.29 is 32.7 Å². The summed E-state index contributed by atoms with van der Waals surface area (Å²) in [5, 5.41) is 10.2. The maximum Gasteiger partial charge on any atom is 0.471 e. The first-order chi connectivity index (χ1) is 9.61. The van der Waals surface area contributed by atoms with Gasteiger partial charge in [-0.05, 0) is 12.1 Å². The van der Waals surface area contributed by atoms with E-state index in [0.29, 0.717) is 0 Å². The molecule has 0 aliphatic rings. The fourth-order valence-corrected chi connectivity index (χ4v) is 1.60. The Morgan fingerprint density at radius 1 is 1.29 bits per heavy atom. The summed E-state index contributed by atoms with van der Waals surface area (Å²) in [6.07, 6.45) is -6.05. The fraction of sp³-hybridized carbons (Fsp3) is 0.250. The van der Waals surface area contributed by atoms with Crippen LogP contribution in [-0.2, 0) is 9.59 Å². The van der Waals surface area contributed by atoms with Crippen molar-refractivity contribution in [2.24, 2.45) is 0 Å². The maximum absolute atomic E-state index is 12.1. The predicted octanol–water partition coefficient (Wildman–Crippen LogP) is 2.04. The zero-order valence-corrected chi connectivity index (χ0v) is 11.0. The zero-order chi connectivity index (χ0) is 16.2. The van der Waals surface area contributed by atoms with Crippen LogP contribution in [0.25, 0.3) is 0 Å². The molecule has 1 amide bonds. The van der Waals surface area contributed by atoms with Crippen molar-refractivity contribution in [2.45, 2.75) is 18.6 Å². The largest absolute Gasteiger partial charge is 0.480 e. The van der Waals surface area contributed by atoms with E-state index >= 15 is 0 Å². The Balaban J connectivity index is 2.82. The summed E-state index contributed by atoms with van der Waals surface area (Å²) < 4.78 is 36.2. The highest BCUT2D eigenvalue weighted by molar-refractivity contribution is 6.31. The molecule has 0 heterocycles. The highest BCUT2D eigenvalue weighted by Gasteiger charge is 2.41. The molecule has 0 saturated heterocycles. The summed E-state index contributed by atoms with van der Waals surface area (Å²) in [4.78, 5) is 33.3. The number of ketones is 1. The number of carbonyl (C=O) groups excluding carboxylic acids is 2. The van der Waals surface area contributed by atoms with E-state index in [9.17, 15) is 27.6 Å². The van der Waals surface area contributed by atoms with Crippen molar-refractivity contribution in [3.8, 4) is 0 Å². The number of Topliss-reactive ketones (excluding diaryl/α,β-unsaturated/α-hetero) is 1. The van der Waals surface area contributed by atoms with Gasteiger partial charge in [-0.1, -0.05) is 23.7 Å². The Morgan fingerprint density at radius 2 is 1.90 bits per heavy atom. The van der Waals surface area contributed by atoms with Crippen molar-refractivity contribution in [3.05, 3.63) is 34.9 Å². The van der Waals surface area contributed by atoms with Gasteiger partial charge in [0, 0.05) is 17.0 Å². The van der Waals surface area contributed by atoms with Crippen LogP contribution in [0.2, 0.25) is 5.02 Å². The van der Waals surface area contributed by atoms with Gasteiger partial charge in [0.2, 0.25) is 0 Å². The van der Waals surface area contributed by atoms with Gasteiger partial charge in [0.1, 0.15) is 6.04 Å². The van der Waals surface area contributed by atoms with E-state index in [4.69, 9.17) is 16.7 Å². The first kappa shape index (κ1) is 17.0. The van der Waals surface area contributed by atoms with E-state index in [-0.39, 0.29) is 10.6 Å². The molecule has 0 radical (unpaired) electrons. The lowest BCUT2D eigenvalue weighted by Gasteiger charge is -2.15. The quantitative estimate of drug-likeness (QED) is 0.812. The van der Waals surface area contributed by atoms with Crippen LogP contribution in [-0.4, -0.2) is 35.0 Å². The van der Waals surface area contributed by atoms with E-state index in [1.54, 1.807) is 0 Å². The Bertz CT molecular complexity index is 574. The van der Waals surface area contributed by atoms with E-state index in [1.165, 1.54) is 29.6 Å². The molecule has 1 unspecified atom stereocenters. The van der Waals surface area contributed by atoms with Gasteiger partial charge in [-0.3, -0.25) is 9.59 Å². The summed E-state index contributed by atoms with van der Waals surface area (Å²) in [5.41, 5.74) is 0.0370. The summed E-state index contributed by atoms with van der Waals surface area (Å²) >= 11 is 5.65. The van der Waals surface area contributed by atoms with Crippen molar-refractivity contribution in [1.82, 2.24) is 5.32 Å². The van der Waals surface area contributed by atoms with Crippen LogP contribution in [0.1, 0.15) is 16.8 Å². The van der Waals surface area contributed by atoms with E-state index in [2.05, 4.69) is 0 Å². The van der Waals surface area contributed by atoms with E-state index in [1.807, 2.05) is 0 Å². The fourth-order valence-electron chi connectivity index (χ4n) is 1.41. The molecule has 0 fully saturated rings.